The third kappa shape index (κ3) is 4.63. The number of nitrogens with one attached hydrogen (secondary N) is 2. The second-order valence-electron chi connectivity index (χ2n) is 6.60. The maximum Gasteiger partial charge on any atom is 0.256 e. The Bertz CT molecular complexity index is 972. The minimum Gasteiger partial charge on any atom is -0.674 e. The number of halogens is 1. The fraction of sp³-hybridized carbons (Fsp3) is 0.136. The van der Waals surface area contributed by atoms with Crippen molar-refractivity contribution in [3.63, 3.8) is 0 Å². The van der Waals surface area contributed by atoms with Crippen molar-refractivity contribution in [1.82, 2.24) is 0 Å². The standard InChI is InChI=1S/C22H18ClN2O.Ac/c23-17-8-5-14(6-9-17)20-3-1-2-4-21(20)22(26)25-19-10-7-15-11-18(24)12-16(15)13-19;/h1-10,13,18,24H,11-12H2,(H,25,26);/q-1;. The van der Waals surface area contributed by atoms with Gasteiger partial charge in [0.15, 0.2) is 0 Å². The van der Waals surface area contributed by atoms with E-state index in [1.807, 2.05) is 66.7 Å². The summed E-state index contributed by atoms with van der Waals surface area (Å²) in [5, 5.41) is 3.67. The van der Waals surface area contributed by atoms with Gasteiger partial charge in [-0.25, -0.2) is 0 Å². The molecule has 0 spiro atoms. The molecule has 1 aliphatic carbocycles. The third-order valence-corrected chi connectivity index (χ3v) is 4.98. The van der Waals surface area contributed by atoms with Crippen molar-refractivity contribution < 1.29 is 48.9 Å². The summed E-state index contributed by atoms with van der Waals surface area (Å²) in [5.74, 6) is -0.143. The first kappa shape index (κ1) is 20.6. The summed E-state index contributed by atoms with van der Waals surface area (Å²) >= 11 is 5.97. The summed E-state index contributed by atoms with van der Waals surface area (Å²) < 4.78 is 0. The van der Waals surface area contributed by atoms with E-state index >= 15 is 0 Å². The number of carbonyl (C=O) groups is 1. The molecule has 1 unspecified atom stereocenters. The topological polar surface area (TPSA) is 52.9 Å². The fourth-order valence-corrected chi connectivity index (χ4v) is 3.58. The molecule has 3 aromatic carbocycles. The van der Waals surface area contributed by atoms with Gasteiger partial charge in [0.2, 0.25) is 0 Å². The van der Waals surface area contributed by atoms with Crippen LogP contribution in [0.2, 0.25) is 5.02 Å². The van der Waals surface area contributed by atoms with E-state index in [0.717, 1.165) is 35.2 Å². The molecule has 3 aromatic rings. The van der Waals surface area contributed by atoms with Crippen molar-refractivity contribution in [1.29, 1.82) is 0 Å². The molecule has 1 aliphatic rings. The molecule has 3 nitrogen and oxygen atoms in total. The average molecular weight is 589 g/mol. The number of carbonyl (C=O) groups excluding carboxylic acids is 1. The minimum atomic E-state index is -0.143. The van der Waals surface area contributed by atoms with Crippen LogP contribution in [-0.2, 0) is 12.8 Å². The molecule has 1 atom stereocenters. The van der Waals surface area contributed by atoms with Gasteiger partial charge < -0.3 is 11.1 Å². The van der Waals surface area contributed by atoms with Crippen LogP contribution in [0.15, 0.2) is 66.7 Å². The predicted octanol–water partition coefficient (Wildman–Crippen LogP) is 5.78. The van der Waals surface area contributed by atoms with E-state index in [1.54, 1.807) is 0 Å². The van der Waals surface area contributed by atoms with E-state index in [0.29, 0.717) is 10.6 Å². The van der Waals surface area contributed by atoms with E-state index in [9.17, 15) is 4.79 Å². The van der Waals surface area contributed by atoms with Crippen molar-refractivity contribution in [2.75, 3.05) is 5.32 Å². The zero-order chi connectivity index (χ0) is 18.1. The van der Waals surface area contributed by atoms with Gasteiger partial charge in [0, 0.05) is 60.3 Å². The second kappa shape index (κ2) is 8.88. The van der Waals surface area contributed by atoms with Gasteiger partial charge in [-0.2, -0.15) is 0 Å². The van der Waals surface area contributed by atoms with E-state index < -0.39 is 0 Å². The van der Waals surface area contributed by atoms with Crippen LogP contribution >= 0.6 is 11.6 Å². The number of hydrogen-bond donors (Lipinski definition) is 1. The van der Waals surface area contributed by atoms with Gasteiger partial charge in [-0.3, -0.25) is 4.79 Å². The Labute approximate surface area is 199 Å². The molecular formula is C22H18AcClN2O-. The Morgan fingerprint density at radius 1 is 0.963 bits per heavy atom. The first-order valence-electron chi connectivity index (χ1n) is 8.59. The Morgan fingerprint density at radius 2 is 1.67 bits per heavy atom. The Kier molecular flexibility index (Phi) is 6.76. The predicted molar refractivity (Wildman–Crippen MR) is 107 cm³/mol. The van der Waals surface area contributed by atoms with Crippen LogP contribution in [0.4, 0.5) is 5.69 Å². The largest absolute Gasteiger partial charge is 0.674 e. The monoisotopic (exact) mass is 588 g/mol. The average Bonchev–Trinajstić information content (AvgIpc) is 3.01. The van der Waals surface area contributed by atoms with Crippen LogP contribution in [0.25, 0.3) is 16.9 Å². The summed E-state index contributed by atoms with van der Waals surface area (Å²) in [6, 6.07) is 20.9. The van der Waals surface area contributed by atoms with Crippen molar-refractivity contribution >= 4 is 23.2 Å². The Morgan fingerprint density at radius 3 is 2.44 bits per heavy atom. The van der Waals surface area contributed by atoms with Gasteiger partial charge in [-0.15, -0.1) is 6.04 Å². The van der Waals surface area contributed by atoms with Gasteiger partial charge in [0.05, 0.1) is 0 Å². The number of fused-ring (bicyclic) bond motifs is 1. The first-order chi connectivity index (χ1) is 12.6. The molecule has 0 aromatic heterocycles. The van der Waals surface area contributed by atoms with Gasteiger partial charge in [0.25, 0.3) is 5.91 Å². The molecule has 1 amide bonds. The van der Waals surface area contributed by atoms with E-state index in [1.165, 1.54) is 5.56 Å². The van der Waals surface area contributed by atoms with Crippen molar-refractivity contribution in [2.24, 2.45) is 0 Å². The zero-order valence-electron chi connectivity index (χ0n) is 14.7. The quantitative estimate of drug-likeness (QED) is 0.415. The van der Waals surface area contributed by atoms with Crippen LogP contribution < -0.4 is 5.32 Å². The van der Waals surface area contributed by atoms with Gasteiger partial charge in [0.1, 0.15) is 0 Å². The van der Waals surface area contributed by atoms with Crippen LogP contribution in [0.1, 0.15) is 21.5 Å². The molecule has 0 fully saturated rings. The molecule has 0 saturated heterocycles. The van der Waals surface area contributed by atoms with E-state index in [2.05, 4.69) is 5.32 Å². The third-order valence-electron chi connectivity index (χ3n) is 4.72. The van der Waals surface area contributed by atoms with Crippen molar-refractivity contribution in [2.45, 2.75) is 18.9 Å². The Hall–Kier alpha value is -1.18. The van der Waals surface area contributed by atoms with E-state index in [-0.39, 0.29) is 56.0 Å². The van der Waals surface area contributed by atoms with Crippen LogP contribution in [-0.4, -0.2) is 11.9 Å². The Balaban J connectivity index is 0.00000210. The molecule has 4 rings (SSSR count). The smallest absolute Gasteiger partial charge is 0.256 e. The molecule has 27 heavy (non-hydrogen) atoms. The maximum absolute atomic E-state index is 12.9. The molecule has 0 heterocycles. The number of hydrogen-bond acceptors (Lipinski definition) is 1. The molecule has 0 bridgehead atoms. The summed E-state index contributed by atoms with van der Waals surface area (Å²) in [5.41, 5.74) is 13.5. The normalized spacial score (nSPS) is 15.0. The maximum atomic E-state index is 12.9. The minimum absolute atomic E-state index is 0. The number of amides is 1. The van der Waals surface area contributed by atoms with Gasteiger partial charge in [-0.05, 0) is 65.4 Å². The van der Waals surface area contributed by atoms with Gasteiger partial charge >= 0.3 is 0 Å². The van der Waals surface area contributed by atoms with Crippen molar-refractivity contribution in [3.05, 3.63) is 94.2 Å². The second-order valence-corrected chi connectivity index (χ2v) is 7.03. The SMILES string of the molecule is [Ac].[NH-]C1Cc2ccc(NC(=O)c3ccccc3-c3ccc(Cl)cc3)cc2C1. The molecule has 2 N–H and O–H groups in total. The molecular weight excluding hydrogens is 571 g/mol. The van der Waals surface area contributed by atoms with Crippen LogP contribution in [0.5, 0.6) is 0 Å². The van der Waals surface area contributed by atoms with E-state index in [4.69, 9.17) is 17.3 Å². The summed E-state index contributed by atoms with van der Waals surface area (Å²) in [7, 11) is 0. The van der Waals surface area contributed by atoms with Gasteiger partial charge in [-0.1, -0.05) is 48.0 Å². The molecule has 0 saturated carbocycles. The molecule has 133 valence electrons. The number of anilines is 1. The zero-order valence-corrected chi connectivity index (χ0v) is 20.2. The van der Waals surface area contributed by atoms with Crippen LogP contribution in [0.3, 0.4) is 0 Å². The molecule has 1 radical (unpaired) electrons. The number of rotatable bonds is 3. The van der Waals surface area contributed by atoms with Crippen molar-refractivity contribution in [3.8, 4) is 11.1 Å². The summed E-state index contributed by atoms with van der Waals surface area (Å²) in [6.45, 7) is 0. The molecule has 5 heteroatoms. The first-order valence-corrected chi connectivity index (χ1v) is 8.97. The van der Waals surface area contributed by atoms with Crippen LogP contribution in [0, 0.1) is 44.1 Å². The fourth-order valence-electron chi connectivity index (χ4n) is 3.46. The number of benzene rings is 3. The summed E-state index contributed by atoms with van der Waals surface area (Å²) in [4.78, 5) is 12.9. The molecule has 0 aliphatic heterocycles. The summed E-state index contributed by atoms with van der Waals surface area (Å²) in [6.07, 6.45) is 1.55.